The lowest BCUT2D eigenvalue weighted by molar-refractivity contribution is -0.117. The van der Waals surface area contributed by atoms with Gasteiger partial charge in [-0.3, -0.25) is 9.69 Å². The van der Waals surface area contributed by atoms with E-state index in [1.165, 1.54) is 33.6 Å². The van der Waals surface area contributed by atoms with E-state index in [0.717, 1.165) is 38.8 Å². The third kappa shape index (κ3) is 4.70. The third-order valence-electron chi connectivity index (χ3n) is 5.74. The van der Waals surface area contributed by atoms with E-state index >= 15 is 0 Å². The number of nitrogens with one attached hydrogen (secondary N) is 1. The van der Waals surface area contributed by atoms with Crippen molar-refractivity contribution < 1.29 is 13.2 Å². The predicted octanol–water partition coefficient (Wildman–Crippen LogP) is 3.51. The number of rotatable bonds is 5. The van der Waals surface area contributed by atoms with Gasteiger partial charge in [0.2, 0.25) is 15.9 Å². The number of carbonyl (C=O) groups is 1. The lowest BCUT2D eigenvalue weighted by Crippen LogP contribution is -2.37. The molecule has 2 heterocycles. The van der Waals surface area contributed by atoms with Crippen LogP contribution in [-0.4, -0.2) is 49.7 Å². The minimum atomic E-state index is -3.58. The molecule has 0 radical (unpaired) electrons. The molecule has 1 fully saturated rings. The molecule has 2 aromatic rings. The number of halogens is 1. The zero-order chi connectivity index (χ0) is 21.1. The maximum absolute atomic E-state index is 12.9. The third-order valence-corrected chi connectivity index (χ3v) is 7.97. The molecule has 0 saturated carbocycles. The van der Waals surface area contributed by atoms with Crippen molar-refractivity contribution in [1.29, 1.82) is 0 Å². The van der Waals surface area contributed by atoms with Gasteiger partial charge in [-0.05, 0) is 48.6 Å². The van der Waals surface area contributed by atoms with Gasteiger partial charge in [-0.15, -0.1) is 0 Å². The molecule has 4 rings (SSSR count). The number of hydrogen-bond donors (Lipinski definition) is 1. The van der Waals surface area contributed by atoms with Gasteiger partial charge in [-0.1, -0.05) is 42.3 Å². The van der Waals surface area contributed by atoms with E-state index in [4.69, 9.17) is 11.6 Å². The summed E-state index contributed by atoms with van der Waals surface area (Å²) in [5.74, 6) is -0.205. The highest BCUT2D eigenvalue weighted by atomic mass is 35.5. The summed E-state index contributed by atoms with van der Waals surface area (Å²) in [5, 5.41) is 3.13. The maximum atomic E-state index is 12.9. The van der Waals surface area contributed by atoms with Gasteiger partial charge in [0.05, 0.1) is 22.2 Å². The molecule has 2 aliphatic heterocycles. The van der Waals surface area contributed by atoms with Crippen molar-refractivity contribution in [3.8, 4) is 0 Å². The second-order valence-electron chi connectivity index (χ2n) is 7.88. The normalized spacial score (nSPS) is 18.0. The zero-order valence-corrected chi connectivity index (χ0v) is 18.4. The first-order valence-electron chi connectivity index (χ1n) is 10.3. The molecule has 160 valence electrons. The van der Waals surface area contributed by atoms with Crippen LogP contribution in [0.2, 0.25) is 5.02 Å². The van der Waals surface area contributed by atoms with Crippen LogP contribution in [0.1, 0.15) is 30.4 Å². The molecule has 0 atom stereocenters. The first-order chi connectivity index (χ1) is 14.4. The molecule has 2 aromatic carbocycles. The second-order valence-corrected chi connectivity index (χ2v) is 10.2. The van der Waals surface area contributed by atoms with E-state index < -0.39 is 10.0 Å². The monoisotopic (exact) mass is 447 g/mol. The smallest absolute Gasteiger partial charge is 0.243 e. The van der Waals surface area contributed by atoms with Crippen LogP contribution in [0.15, 0.2) is 47.4 Å². The maximum Gasteiger partial charge on any atom is 0.243 e. The number of carbonyl (C=O) groups excluding carboxylic acids is 1. The highest BCUT2D eigenvalue weighted by molar-refractivity contribution is 7.89. The number of sulfonamides is 1. The van der Waals surface area contributed by atoms with Crippen LogP contribution in [0.4, 0.5) is 5.69 Å². The van der Waals surface area contributed by atoms with Gasteiger partial charge < -0.3 is 5.32 Å². The van der Waals surface area contributed by atoms with E-state index in [9.17, 15) is 13.2 Å². The number of amides is 1. The largest absolute Gasteiger partial charge is 0.324 e. The number of nitrogens with zero attached hydrogens (tertiary/aromatic N) is 2. The second kappa shape index (κ2) is 9.06. The van der Waals surface area contributed by atoms with E-state index in [2.05, 4.69) is 22.3 Å². The average Bonchev–Trinajstić information content (AvgIpc) is 2.75. The number of piperidine rings is 1. The summed E-state index contributed by atoms with van der Waals surface area (Å²) >= 11 is 6.25. The average molecular weight is 448 g/mol. The van der Waals surface area contributed by atoms with Crippen molar-refractivity contribution in [3.63, 3.8) is 0 Å². The Kier molecular flexibility index (Phi) is 6.43. The molecule has 0 spiro atoms. The standard InChI is InChI=1S/C22H26ClN3O3S/c23-20-9-8-19(30(28,29)26-11-4-1-5-12-26)14-21(20)24-22(27)16-25-13-10-17-6-2-3-7-18(17)15-25/h2-3,6-9,14H,1,4-5,10-13,15-16H2,(H,24,27). The summed E-state index contributed by atoms with van der Waals surface area (Å²) in [5.41, 5.74) is 2.90. The van der Waals surface area contributed by atoms with E-state index in [0.29, 0.717) is 23.8 Å². The summed E-state index contributed by atoms with van der Waals surface area (Å²) in [7, 11) is -3.58. The van der Waals surface area contributed by atoms with Crippen molar-refractivity contribution in [3.05, 3.63) is 58.6 Å². The fraction of sp³-hybridized carbons (Fsp3) is 0.409. The Balaban J connectivity index is 1.44. The highest BCUT2D eigenvalue weighted by Gasteiger charge is 2.27. The Morgan fingerprint density at radius 1 is 1.00 bits per heavy atom. The van der Waals surface area contributed by atoms with Crippen molar-refractivity contribution in [2.24, 2.45) is 0 Å². The lowest BCUT2D eigenvalue weighted by atomic mass is 10.00. The van der Waals surface area contributed by atoms with Crippen LogP contribution in [0.5, 0.6) is 0 Å². The van der Waals surface area contributed by atoms with E-state index in [-0.39, 0.29) is 17.3 Å². The minimum absolute atomic E-state index is 0.163. The quantitative estimate of drug-likeness (QED) is 0.761. The van der Waals surface area contributed by atoms with Gasteiger partial charge in [-0.2, -0.15) is 4.31 Å². The van der Waals surface area contributed by atoms with Gasteiger partial charge in [0.25, 0.3) is 0 Å². The molecule has 1 saturated heterocycles. The van der Waals surface area contributed by atoms with Crippen LogP contribution in [0.25, 0.3) is 0 Å². The Hall–Kier alpha value is -1.93. The zero-order valence-electron chi connectivity index (χ0n) is 16.8. The molecular weight excluding hydrogens is 422 g/mol. The lowest BCUT2D eigenvalue weighted by Gasteiger charge is -2.28. The summed E-state index contributed by atoms with van der Waals surface area (Å²) in [6.45, 7) is 2.82. The molecule has 1 N–H and O–H groups in total. The first kappa shape index (κ1) is 21.3. The van der Waals surface area contributed by atoms with Gasteiger partial charge in [0.15, 0.2) is 0 Å². The number of benzene rings is 2. The fourth-order valence-electron chi connectivity index (χ4n) is 4.10. The molecule has 2 aliphatic rings. The van der Waals surface area contributed by atoms with Crippen molar-refractivity contribution in [2.75, 3.05) is 31.5 Å². The molecule has 0 aliphatic carbocycles. The molecular formula is C22H26ClN3O3S. The first-order valence-corrected chi connectivity index (χ1v) is 12.1. The summed E-state index contributed by atoms with van der Waals surface area (Å²) in [6, 6.07) is 12.8. The SMILES string of the molecule is O=C(CN1CCc2ccccc2C1)Nc1cc(S(=O)(=O)N2CCCCC2)ccc1Cl. The molecule has 8 heteroatoms. The van der Waals surface area contributed by atoms with Crippen molar-refractivity contribution in [1.82, 2.24) is 9.21 Å². The summed E-state index contributed by atoms with van der Waals surface area (Å²) in [6.07, 6.45) is 3.70. The molecule has 6 nitrogen and oxygen atoms in total. The van der Waals surface area contributed by atoms with Crippen LogP contribution < -0.4 is 5.32 Å². The number of fused-ring (bicyclic) bond motifs is 1. The number of hydrogen-bond acceptors (Lipinski definition) is 4. The van der Waals surface area contributed by atoms with E-state index in [1.54, 1.807) is 0 Å². The Morgan fingerprint density at radius 2 is 1.73 bits per heavy atom. The van der Waals surface area contributed by atoms with Crippen molar-refractivity contribution >= 4 is 33.2 Å². The molecule has 0 unspecified atom stereocenters. The minimum Gasteiger partial charge on any atom is -0.324 e. The van der Waals surface area contributed by atoms with Crippen LogP contribution in [-0.2, 0) is 27.8 Å². The molecule has 1 amide bonds. The van der Waals surface area contributed by atoms with Gasteiger partial charge in [0, 0.05) is 26.2 Å². The van der Waals surface area contributed by atoms with E-state index in [1.807, 2.05) is 12.1 Å². The summed E-state index contributed by atoms with van der Waals surface area (Å²) < 4.78 is 27.4. The van der Waals surface area contributed by atoms with Gasteiger partial charge >= 0.3 is 0 Å². The van der Waals surface area contributed by atoms with Crippen molar-refractivity contribution in [2.45, 2.75) is 37.1 Å². The fourth-order valence-corrected chi connectivity index (χ4v) is 5.81. The van der Waals surface area contributed by atoms with Crippen LogP contribution >= 0.6 is 11.6 Å². The number of anilines is 1. The molecule has 0 bridgehead atoms. The van der Waals surface area contributed by atoms with Crippen LogP contribution in [0.3, 0.4) is 0 Å². The van der Waals surface area contributed by atoms with Gasteiger partial charge in [-0.25, -0.2) is 8.42 Å². The Labute approximate surface area is 182 Å². The Bertz CT molecular complexity index is 1040. The van der Waals surface area contributed by atoms with Gasteiger partial charge in [0.1, 0.15) is 0 Å². The molecule has 0 aromatic heterocycles. The molecule has 30 heavy (non-hydrogen) atoms. The highest BCUT2D eigenvalue weighted by Crippen LogP contribution is 2.28. The topological polar surface area (TPSA) is 69.7 Å². The van der Waals surface area contributed by atoms with Crippen LogP contribution in [0, 0.1) is 0 Å². The summed E-state index contributed by atoms with van der Waals surface area (Å²) in [4.78, 5) is 14.9. The Morgan fingerprint density at radius 3 is 2.50 bits per heavy atom. The predicted molar refractivity (Wildman–Crippen MR) is 118 cm³/mol.